The van der Waals surface area contributed by atoms with Crippen molar-refractivity contribution in [3.63, 3.8) is 0 Å². The van der Waals surface area contributed by atoms with E-state index in [9.17, 15) is 30.0 Å². The highest BCUT2D eigenvalue weighted by molar-refractivity contribution is 5.76. The zero-order valence-electron chi connectivity index (χ0n) is 24.7. The molecule has 0 aromatic heterocycles. The second-order valence-electron chi connectivity index (χ2n) is 11.0. The molecule has 3 rings (SSSR count). The summed E-state index contributed by atoms with van der Waals surface area (Å²) in [7, 11) is 1.15. The van der Waals surface area contributed by atoms with Crippen LogP contribution in [0.1, 0.15) is 47.0 Å². The Kier molecular flexibility index (Phi) is 13.8. The monoisotopic (exact) mass is 610 g/mol. The van der Waals surface area contributed by atoms with Crippen molar-refractivity contribution in [2.75, 3.05) is 33.5 Å². The summed E-state index contributed by atoms with van der Waals surface area (Å²) in [6.07, 6.45) is -13.1. The van der Waals surface area contributed by atoms with Crippen molar-refractivity contribution in [1.82, 2.24) is 0 Å². The fraction of sp³-hybridized carbons (Fsp3) is 0.926. The normalized spacial score (nSPS) is 37.3. The quantitative estimate of drug-likeness (QED) is 0.135. The molecule has 3 fully saturated rings. The van der Waals surface area contributed by atoms with Crippen LogP contribution in [0.4, 0.5) is 0 Å². The van der Waals surface area contributed by atoms with E-state index in [1.165, 1.54) is 0 Å². The third kappa shape index (κ3) is 9.25. The maximum Gasteiger partial charge on any atom is 0.338 e. The SMILES string of the molecule is COC(=O)C1O[C@@H](OC(C)C)[C@@H](O)[C@@H](O)[C@@H]1OCCCO[C@@H]1OC(C(=O)OCC2CCCO2)[C@@H](OC(C)C)[C@H](O)[C@@H]1O. The second kappa shape index (κ2) is 16.5. The number of ether oxygens (including phenoxy) is 9. The van der Waals surface area contributed by atoms with Gasteiger partial charge in [0.25, 0.3) is 0 Å². The predicted octanol–water partition coefficient (Wildman–Crippen LogP) is -1.21. The second-order valence-corrected chi connectivity index (χ2v) is 11.0. The minimum Gasteiger partial charge on any atom is -0.467 e. The molecule has 3 heterocycles. The van der Waals surface area contributed by atoms with Gasteiger partial charge in [0.05, 0.1) is 32.0 Å². The Morgan fingerprint density at radius 3 is 2.00 bits per heavy atom. The van der Waals surface area contributed by atoms with Gasteiger partial charge in [0, 0.05) is 13.2 Å². The zero-order valence-corrected chi connectivity index (χ0v) is 24.7. The number of aliphatic hydroxyl groups excluding tert-OH is 4. The number of rotatable bonds is 14. The molecule has 244 valence electrons. The minimum atomic E-state index is -1.54. The highest BCUT2D eigenvalue weighted by atomic mass is 16.7. The van der Waals surface area contributed by atoms with Gasteiger partial charge >= 0.3 is 11.9 Å². The third-order valence-electron chi connectivity index (χ3n) is 6.91. The lowest BCUT2D eigenvalue weighted by Gasteiger charge is -2.42. The van der Waals surface area contributed by atoms with E-state index in [0.717, 1.165) is 20.0 Å². The number of esters is 2. The fourth-order valence-corrected chi connectivity index (χ4v) is 4.85. The summed E-state index contributed by atoms with van der Waals surface area (Å²) >= 11 is 0. The van der Waals surface area contributed by atoms with Crippen LogP contribution in [0, 0.1) is 0 Å². The number of carbonyl (C=O) groups excluding carboxylic acids is 2. The molecular formula is C27H46O15. The Balaban J connectivity index is 1.54. The van der Waals surface area contributed by atoms with E-state index in [1.807, 2.05) is 0 Å². The van der Waals surface area contributed by atoms with Gasteiger partial charge in [-0.25, -0.2) is 9.59 Å². The number of carbonyl (C=O) groups is 2. The van der Waals surface area contributed by atoms with E-state index in [2.05, 4.69) is 0 Å². The van der Waals surface area contributed by atoms with Gasteiger partial charge in [-0.1, -0.05) is 0 Å². The molecule has 0 aliphatic carbocycles. The molecule has 0 bridgehead atoms. The van der Waals surface area contributed by atoms with Crippen molar-refractivity contribution in [2.45, 2.75) is 127 Å². The summed E-state index contributed by atoms with van der Waals surface area (Å²) in [6.45, 7) is 7.31. The number of aliphatic hydroxyl groups is 4. The van der Waals surface area contributed by atoms with Crippen molar-refractivity contribution >= 4 is 11.9 Å². The molecule has 0 aromatic carbocycles. The topological polar surface area (TPSA) is 198 Å². The molecule has 0 saturated carbocycles. The lowest BCUT2D eigenvalue weighted by Crippen LogP contribution is -2.62. The van der Waals surface area contributed by atoms with Crippen molar-refractivity contribution in [2.24, 2.45) is 0 Å². The Hall–Kier alpha value is -1.50. The van der Waals surface area contributed by atoms with Gasteiger partial charge in [0.2, 0.25) is 0 Å². The smallest absolute Gasteiger partial charge is 0.338 e. The van der Waals surface area contributed by atoms with Crippen molar-refractivity contribution in [3.05, 3.63) is 0 Å². The molecule has 3 unspecified atom stereocenters. The van der Waals surface area contributed by atoms with Crippen LogP contribution in [0.15, 0.2) is 0 Å². The highest BCUT2D eigenvalue weighted by Crippen LogP contribution is 2.28. The first-order valence-electron chi connectivity index (χ1n) is 14.4. The predicted molar refractivity (Wildman–Crippen MR) is 140 cm³/mol. The minimum absolute atomic E-state index is 0.0247. The Morgan fingerprint density at radius 1 is 0.786 bits per heavy atom. The van der Waals surface area contributed by atoms with E-state index in [4.69, 9.17) is 42.6 Å². The zero-order chi connectivity index (χ0) is 31.0. The van der Waals surface area contributed by atoms with E-state index in [0.29, 0.717) is 6.61 Å². The Labute approximate surface area is 245 Å². The van der Waals surface area contributed by atoms with Crippen LogP contribution in [-0.2, 0) is 52.2 Å². The highest BCUT2D eigenvalue weighted by Gasteiger charge is 2.51. The molecule has 4 N–H and O–H groups in total. The van der Waals surface area contributed by atoms with E-state index in [1.54, 1.807) is 27.7 Å². The van der Waals surface area contributed by atoms with Crippen LogP contribution in [0.3, 0.4) is 0 Å². The molecule has 0 amide bonds. The van der Waals surface area contributed by atoms with Crippen LogP contribution in [-0.4, -0.2) is 146 Å². The molecule has 3 aliphatic rings. The summed E-state index contributed by atoms with van der Waals surface area (Å²) in [5.74, 6) is -1.60. The lowest BCUT2D eigenvalue weighted by molar-refractivity contribution is -0.310. The molecular weight excluding hydrogens is 564 g/mol. The summed E-state index contributed by atoms with van der Waals surface area (Å²) in [4.78, 5) is 25.2. The van der Waals surface area contributed by atoms with Gasteiger partial charge in [-0.2, -0.15) is 0 Å². The lowest BCUT2D eigenvalue weighted by atomic mass is 9.98. The van der Waals surface area contributed by atoms with E-state index < -0.39 is 73.4 Å². The summed E-state index contributed by atoms with van der Waals surface area (Å²) < 4.78 is 49.3. The third-order valence-corrected chi connectivity index (χ3v) is 6.91. The molecule has 15 nitrogen and oxygen atoms in total. The molecule has 0 aromatic rings. The first-order valence-corrected chi connectivity index (χ1v) is 14.4. The Bertz CT molecular complexity index is 834. The van der Waals surface area contributed by atoms with Gasteiger partial charge in [-0.3, -0.25) is 0 Å². The van der Waals surface area contributed by atoms with Gasteiger partial charge in [-0.05, 0) is 47.0 Å². The van der Waals surface area contributed by atoms with Crippen LogP contribution < -0.4 is 0 Å². The number of methoxy groups -OCH3 is 1. The standard InChI is InChI=1S/C27H46O15/c1-13(2)39-21-17(29)18(30)26(41-23(21)25(33)38-12-15-8-6-9-35-15)37-11-7-10-36-20-16(28)19(31)27(40-14(3)4)42-22(20)24(32)34-5/h13-23,26-31H,6-12H2,1-5H3/t15?,16-,17-,18+,19+,20+,21+,22?,23?,26-,27-/m1/s1. The maximum absolute atomic E-state index is 12.9. The molecule has 0 spiro atoms. The van der Waals surface area contributed by atoms with Gasteiger partial charge in [-0.15, -0.1) is 0 Å². The van der Waals surface area contributed by atoms with Gasteiger partial charge in [0.1, 0.15) is 43.2 Å². The van der Waals surface area contributed by atoms with Crippen LogP contribution >= 0.6 is 0 Å². The van der Waals surface area contributed by atoms with E-state index in [-0.39, 0.29) is 44.6 Å². The molecule has 3 saturated heterocycles. The van der Waals surface area contributed by atoms with Crippen LogP contribution in [0.2, 0.25) is 0 Å². The average molecular weight is 611 g/mol. The average Bonchev–Trinajstić information content (AvgIpc) is 3.47. The first kappa shape index (κ1) is 35.0. The Morgan fingerprint density at radius 2 is 1.38 bits per heavy atom. The largest absolute Gasteiger partial charge is 0.467 e. The summed E-state index contributed by atoms with van der Waals surface area (Å²) in [5.41, 5.74) is 0. The van der Waals surface area contributed by atoms with Crippen molar-refractivity contribution < 1.29 is 72.6 Å². The van der Waals surface area contributed by atoms with Gasteiger partial charge in [0.15, 0.2) is 24.8 Å². The fourth-order valence-electron chi connectivity index (χ4n) is 4.85. The van der Waals surface area contributed by atoms with E-state index >= 15 is 0 Å². The molecule has 3 aliphatic heterocycles. The molecule has 0 radical (unpaired) electrons. The molecule has 42 heavy (non-hydrogen) atoms. The molecule has 11 atom stereocenters. The van der Waals surface area contributed by atoms with Crippen molar-refractivity contribution in [3.8, 4) is 0 Å². The van der Waals surface area contributed by atoms with Gasteiger partial charge < -0.3 is 63.1 Å². The van der Waals surface area contributed by atoms with Crippen LogP contribution in [0.25, 0.3) is 0 Å². The maximum atomic E-state index is 12.9. The number of hydrogen-bond donors (Lipinski definition) is 4. The molecule has 15 heteroatoms. The first-order chi connectivity index (χ1) is 19.9. The summed E-state index contributed by atoms with van der Waals surface area (Å²) in [5, 5.41) is 42.4. The van der Waals surface area contributed by atoms with Crippen LogP contribution in [0.5, 0.6) is 0 Å². The summed E-state index contributed by atoms with van der Waals surface area (Å²) in [6, 6.07) is 0. The van der Waals surface area contributed by atoms with Crippen molar-refractivity contribution in [1.29, 1.82) is 0 Å². The number of hydrogen-bond acceptors (Lipinski definition) is 15.